The van der Waals surface area contributed by atoms with Crippen LogP contribution in [0.5, 0.6) is 17.2 Å². The van der Waals surface area contributed by atoms with Crippen LogP contribution in [0.3, 0.4) is 0 Å². The third-order valence-corrected chi connectivity index (χ3v) is 8.97. The van der Waals surface area contributed by atoms with Crippen molar-refractivity contribution >= 4 is 0 Å². The van der Waals surface area contributed by atoms with Gasteiger partial charge in [-0.05, 0) is 43.9 Å². The lowest BCUT2D eigenvalue weighted by molar-refractivity contribution is -0.175. The van der Waals surface area contributed by atoms with Gasteiger partial charge in [0.25, 0.3) is 0 Å². The highest BCUT2D eigenvalue weighted by Gasteiger charge is 2.57. The van der Waals surface area contributed by atoms with Crippen molar-refractivity contribution in [2.24, 2.45) is 29.6 Å². The maximum Gasteiger partial charge on any atom is 0.211 e. The second-order valence-corrected chi connectivity index (χ2v) is 11.6. The van der Waals surface area contributed by atoms with Crippen molar-refractivity contribution in [2.75, 3.05) is 19.8 Å². The Labute approximate surface area is 190 Å². The number of fused-ring (bicyclic) bond motifs is 5. The topological polar surface area (TPSA) is 66.4 Å². The molecule has 32 heavy (non-hydrogen) atoms. The molecule has 3 saturated heterocycles. The van der Waals surface area contributed by atoms with E-state index in [1.165, 1.54) is 0 Å². The fourth-order valence-corrected chi connectivity index (χ4v) is 7.09. The van der Waals surface area contributed by atoms with Crippen LogP contribution in [0, 0.1) is 29.6 Å². The van der Waals surface area contributed by atoms with Crippen LogP contribution in [0.25, 0.3) is 0 Å². The predicted molar refractivity (Wildman–Crippen MR) is 118 cm³/mol. The summed E-state index contributed by atoms with van der Waals surface area (Å²) in [4.78, 5) is 0. The van der Waals surface area contributed by atoms with Gasteiger partial charge in [0.05, 0.1) is 31.0 Å². The number of aromatic hydroxyl groups is 1. The number of phenolic OH excluding ortho intramolecular Hbond substituents is 1. The second-order valence-electron chi connectivity index (χ2n) is 11.6. The summed E-state index contributed by atoms with van der Waals surface area (Å²) in [5.74, 6) is 1.94. The second kappa shape index (κ2) is 6.55. The monoisotopic (exact) mass is 444 g/mol. The van der Waals surface area contributed by atoms with Crippen molar-refractivity contribution in [1.82, 2.24) is 0 Å². The molecule has 0 spiro atoms. The summed E-state index contributed by atoms with van der Waals surface area (Å²) in [6, 6.07) is 0. The van der Waals surface area contributed by atoms with Crippen LogP contribution in [-0.4, -0.2) is 36.5 Å². The van der Waals surface area contributed by atoms with Gasteiger partial charge in [0.15, 0.2) is 0 Å². The summed E-state index contributed by atoms with van der Waals surface area (Å²) in [5, 5.41) is 11.7. The Bertz CT molecular complexity index is 976. The first-order valence-corrected chi connectivity index (χ1v) is 12.3. The summed E-state index contributed by atoms with van der Waals surface area (Å²) in [5.41, 5.74) is 2.10. The summed E-state index contributed by atoms with van der Waals surface area (Å²) in [6.07, 6.45) is 2.37. The molecule has 0 amide bonds. The van der Waals surface area contributed by atoms with Crippen molar-refractivity contribution in [3.63, 3.8) is 0 Å². The average molecular weight is 445 g/mol. The van der Waals surface area contributed by atoms with E-state index in [-0.39, 0.29) is 17.6 Å². The van der Waals surface area contributed by atoms with E-state index in [0.29, 0.717) is 43.3 Å². The van der Waals surface area contributed by atoms with E-state index in [2.05, 4.69) is 27.7 Å². The summed E-state index contributed by atoms with van der Waals surface area (Å²) in [7, 11) is 0. The normalized spacial score (nSPS) is 46.6. The quantitative estimate of drug-likeness (QED) is 0.687. The number of rotatable bonds is 1. The van der Waals surface area contributed by atoms with Gasteiger partial charge in [-0.15, -0.1) is 0 Å². The molecule has 3 fully saturated rings. The van der Waals surface area contributed by atoms with E-state index in [4.69, 9.17) is 23.7 Å². The van der Waals surface area contributed by atoms with Gasteiger partial charge < -0.3 is 28.8 Å². The lowest BCUT2D eigenvalue weighted by Gasteiger charge is -2.45. The van der Waals surface area contributed by atoms with Gasteiger partial charge in [0.1, 0.15) is 17.2 Å². The predicted octanol–water partition coefficient (Wildman–Crippen LogP) is 4.53. The zero-order valence-electron chi connectivity index (χ0n) is 20.1. The highest BCUT2D eigenvalue weighted by Crippen LogP contribution is 2.60. The molecule has 1 N–H and O–H groups in total. The zero-order valence-corrected chi connectivity index (χ0v) is 20.1. The van der Waals surface area contributed by atoms with E-state index in [9.17, 15) is 5.11 Å². The minimum Gasteiger partial charge on any atom is -0.507 e. The van der Waals surface area contributed by atoms with Crippen LogP contribution in [0.1, 0.15) is 64.7 Å². The van der Waals surface area contributed by atoms with Gasteiger partial charge in [-0.25, -0.2) is 0 Å². The third kappa shape index (κ3) is 2.69. The van der Waals surface area contributed by atoms with Crippen molar-refractivity contribution in [3.8, 4) is 17.2 Å². The number of phenols is 1. The molecule has 1 aromatic carbocycles. The summed E-state index contributed by atoms with van der Waals surface area (Å²) < 4.78 is 32.0. The Morgan fingerprint density at radius 3 is 1.88 bits per heavy atom. The average Bonchev–Trinajstić information content (AvgIpc) is 3.33. The first-order valence-electron chi connectivity index (χ1n) is 12.3. The first-order chi connectivity index (χ1) is 15.0. The maximum absolute atomic E-state index is 11.7. The van der Waals surface area contributed by atoms with E-state index in [1.807, 2.05) is 13.8 Å². The summed E-state index contributed by atoms with van der Waals surface area (Å²) >= 11 is 0. The van der Waals surface area contributed by atoms with Gasteiger partial charge in [0, 0.05) is 36.8 Å². The molecule has 6 nitrogen and oxygen atoms in total. The zero-order chi connectivity index (χ0) is 22.6. The molecular weight excluding hydrogens is 408 g/mol. The van der Waals surface area contributed by atoms with Crippen LogP contribution < -0.4 is 9.47 Å². The van der Waals surface area contributed by atoms with Gasteiger partial charge in [-0.1, -0.05) is 20.8 Å². The fraction of sp³-hybridized carbons (Fsp3) is 0.769. The van der Waals surface area contributed by atoms with Crippen LogP contribution in [0.15, 0.2) is 0 Å². The number of hydrogen-bond donors (Lipinski definition) is 1. The fourth-order valence-electron chi connectivity index (χ4n) is 7.09. The molecule has 8 atom stereocenters. The molecule has 5 aliphatic heterocycles. The van der Waals surface area contributed by atoms with Crippen LogP contribution in [0.4, 0.5) is 0 Å². The van der Waals surface area contributed by atoms with Gasteiger partial charge in [0.2, 0.25) is 11.6 Å². The smallest absolute Gasteiger partial charge is 0.211 e. The summed E-state index contributed by atoms with van der Waals surface area (Å²) in [6.45, 7) is 14.8. The highest BCUT2D eigenvalue weighted by molar-refractivity contribution is 5.66. The molecule has 5 aliphatic rings. The Balaban J connectivity index is 1.57. The molecule has 6 heteroatoms. The molecule has 6 rings (SSSR count). The number of ether oxygens (including phenoxy) is 5. The molecule has 5 heterocycles. The van der Waals surface area contributed by atoms with E-state index in [1.54, 1.807) is 0 Å². The maximum atomic E-state index is 11.7. The third-order valence-electron chi connectivity index (χ3n) is 8.97. The van der Waals surface area contributed by atoms with Crippen molar-refractivity contribution in [2.45, 2.75) is 78.0 Å². The molecule has 176 valence electrons. The Hall–Kier alpha value is -1.50. The minimum atomic E-state index is -0.706. The van der Waals surface area contributed by atoms with Crippen LogP contribution in [0.2, 0.25) is 0 Å². The molecule has 0 aromatic heterocycles. The lowest BCUT2D eigenvalue weighted by atomic mass is 9.75. The first kappa shape index (κ1) is 21.1. The van der Waals surface area contributed by atoms with Crippen LogP contribution in [-0.2, 0) is 32.7 Å². The van der Waals surface area contributed by atoms with Crippen molar-refractivity contribution < 1.29 is 28.8 Å². The Morgan fingerprint density at radius 2 is 1.31 bits per heavy atom. The van der Waals surface area contributed by atoms with E-state index >= 15 is 0 Å². The molecule has 7 unspecified atom stereocenters. The highest BCUT2D eigenvalue weighted by atomic mass is 16.7. The van der Waals surface area contributed by atoms with Gasteiger partial charge in [-0.3, -0.25) is 0 Å². The van der Waals surface area contributed by atoms with Gasteiger partial charge >= 0.3 is 0 Å². The van der Waals surface area contributed by atoms with Crippen LogP contribution >= 0.6 is 0 Å². The molecule has 1 aromatic rings. The molecular formula is C26H36O6. The Kier molecular flexibility index (Phi) is 4.31. The van der Waals surface area contributed by atoms with Crippen molar-refractivity contribution in [1.29, 1.82) is 0 Å². The molecule has 0 saturated carbocycles. The largest absolute Gasteiger partial charge is 0.507 e. The molecule has 0 aliphatic carbocycles. The molecule has 0 bridgehead atoms. The molecule has 0 radical (unpaired) electrons. The van der Waals surface area contributed by atoms with Crippen molar-refractivity contribution in [3.05, 3.63) is 16.7 Å². The number of benzene rings is 1. The van der Waals surface area contributed by atoms with Gasteiger partial charge in [-0.2, -0.15) is 0 Å². The van der Waals surface area contributed by atoms with E-state index in [0.717, 1.165) is 41.7 Å². The lowest BCUT2D eigenvalue weighted by Crippen LogP contribution is -2.47. The number of hydrogen-bond acceptors (Lipinski definition) is 6. The SMILES string of the molecule is CC1CO[C@@](C)(c2c(O)c3c(c4c2OC2(C)OCC(C)C2C4)OC2(C)OCC(C)C2C3)C1. The van der Waals surface area contributed by atoms with E-state index < -0.39 is 17.2 Å². The Morgan fingerprint density at radius 1 is 0.750 bits per heavy atom. The standard InChI is InChI=1S/C26H36O6/c1-13-9-24(4,28-10-13)20-21(27)16-7-18-14(2)11-29-25(18,5)31-22(16)17-8-19-15(3)12-30-26(19,6)32-23(17)20/h13-15,18-19,27H,7-12H2,1-6H3/t13?,14?,15?,18?,19?,24-,25?,26?/m1/s1. The minimum absolute atomic E-state index is 0.200.